The number of rotatable bonds is 4. The van der Waals surface area contributed by atoms with Gasteiger partial charge in [-0.25, -0.2) is 0 Å². The maximum absolute atomic E-state index is 5.39. The molecule has 1 unspecified atom stereocenters. The van der Waals surface area contributed by atoms with Crippen LogP contribution in [0.5, 0.6) is 0 Å². The van der Waals surface area contributed by atoms with Gasteiger partial charge in [-0.3, -0.25) is 0 Å². The van der Waals surface area contributed by atoms with Crippen molar-refractivity contribution >= 4 is 32.3 Å². The van der Waals surface area contributed by atoms with Crippen molar-refractivity contribution in [3.05, 3.63) is 15.9 Å². The summed E-state index contributed by atoms with van der Waals surface area (Å²) in [6.45, 7) is 3.67. The van der Waals surface area contributed by atoms with Crippen molar-refractivity contribution in [2.45, 2.75) is 12.5 Å². The lowest BCUT2D eigenvalue weighted by Gasteiger charge is -2.23. The highest BCUT2D eigenvalue weighted by molar-refractivity contribution is 9.11. The Morgan fingerprint density at radius 1 is 1.60 bits per heavy atom. The highest BCUT2D eigenvalue weighted by Gasteiger charge is 2.11. The van der Waals surface area contributed by atoms with Crippen LogP contribution in [0.3, 0.4) is 0 Å². The SMILES string of the molecule is Brc1ccc(NCCC2COCCN2)s1. The zero-order valence-corrected chi connectivity index (χ0v) is 10.9. The third kappa shape index (κ3) is 3.75. The van der Waals surface area contributed by atoms with Gasteiger partial charge in [0.1, 0.15) is 0 Å². The minimum Gasteiger partial charge on any atom is -0.379 e. The van der Waals surface area contributed by atoms with E-state index < -0.39 is 0 Å². The second kappa shape index (κ2) is 5.84. The molecule has 1 fully saturated rings. The Morgan fingerprint density at radius 2 is 2.53 bits per heavy atom. The molecule has 0 aromatic carbocycles. The first-order chi connectivity index (χ1) is 7.34. The van der Waals surface area contributed by atoms with Crippen molar-refractivity contribution in [2.75, 3.05) is 31.6 Å². The van der Waals surface area contributed by atoms with Gasteiger partial charge in [-0.15, -0.1) is 11.3 Å². The molecule has 0 spiro atoms. The maximum Gasteiger partial charge on any atom is 0.0894 e. The van der Waals surface area contributed by atoms with E-state index in [1.165, 1.54) is 8.79 Å². The molecule has 0 aliphatic carbocycles. The number of morpholine rings is 1. The summed E-state index contributed by atoms with van der Waals surface area (Å²) in [5.74, 6) is 0. The minimum absolute atomic E-state index is 0.509. The molecule has 1 aromatic heterocycles. The van der Waals surface area contributed by atoms with Crippen LogP contribution in [0.25, 0.3) is 0 Å². The molecule has 0 amide bonds. The number of hydrogen-bond donors (Lipinski definition) is 2. The van der Waals surface area contributed by atoms with Crippen LogP contribution >= 0.6 is 27.3 Å². The van der Waals surface area contributed by atoms with Crippen LogP contribution in [0.1, 0.15) is 6.42 Å². The highest BCUT2D eigenvalue weighted by Crippen LogP contribution is 2.26. The fourth-order valence-electron chi connectivity index (χ4n) is 1.58. The van der Waals surface area contributed by atoms with Crippen molar-refractivity contribution in [3.8, 4) is 0 Å². The molecule has 0 radical (unpaired) electrons. The minimum atomic E-state index is 0.509. The summed E-state index contributed by atoms with van der Waals surface area (Å²) in [4.78, 5) is 0. The van der Waals surface area contributed by atoms with E-state index >= 15 is 0 Å². The first kappa shape index (κ1) is 11.4. The van der Waals surface area contributed by atoms with Crippen molar-refractivity contribution in [3.63, 3.8) is 0 Å². The van der Waals surface area contributed by atoms with Crippen molar-refractivity contribution < 1.29 is 4.74 Å². The summed E-state index contributed by atoms with van der Waals surface area (Å²) >= 11 is 5.18. The lowest BCUT2D eigenvalue weighted by Crippen LogP contribution is -2.42. The molecule has 2 heterocycles. The Balaban J connectivity index is 1.65. The average molecular weight is 291 g/mol. The topological polar surface area (TPSA) is 33.3 Å². The molecule has 15 heavy (non-hydrogen) atoms. The number of halogens is 1. The van der Waals surface area contributed by atoms with Gasteiger partial charge in [0, 0.05) is 19.1 Å². The van der Waals surface area contributed by atoms with Crippen LogP contribution in [0, 0.1) is 0 Å². The van der Waals surface area contributed by atoms with Gasteiger partial charge in [0.2, 0.25) is 0 Å². The molecular weight excluding hydrogens is 276 g/mol. The predicted octanol–water partition coefficient (Wildman–Crippen LogP) is 2.30. The van der Waals surface area contributed by atoms with Crippen molar-refractivity contribution in [1.82, 2.24) is 5.32 Å². The normalized spacial score (nSPS) is 21.5. The van der Waals surface area contributed by atoms with Gasteiger partial charge in [0.15, 0.2) is 0 Å². The van der Waals surface area contributed by atoms with Crippen LogP contribution in [-0.2, 0) is 4.74 Å². The zero-order valence-electron chi connectivity index (χ0n) is 8.46. The van der Waals surface area contributed by atoms with Gasteiger partial charge in [0.25, 0.3) is 0 Å². The molecule has 5 heteroatoms. The van der Waals surface area contributed by atoms with Gasteiger partial charge in [-0.1, -0.05) is 0 Å². The van der Waals surface area contributed by atoms with Crippen LogP contribution in [0.2, 0.25) is 0 Å². The van der Waals surface area contributed by atoms with E-state index in [-0.39, 0.29) is 0 Å². The number of ether oxygens (including phenoxy) is 1. The summed E-state index contributed by atoms with van der Waals surface area (Å²) in [6, 6.07) is 4.67. The van der Waals surface area contributed by atoms with E-state index in [0.29, 0.717) is 6.04 Å². The molecule has 0 saturated carbocycles. The summed E-state index contributed by atoms with van der Waals surface area (Å²) in [5.41, 5.74) is 0. The van der Waals surface area contributed by atoms with Crippen LogP contribution in [0.15, 0.2) is 15.9 Å². The van der Waals surface area contributed by atoms with Crippen molar-refractivity contribution in [2.24, 2.45) is 0 Å². The zero-order chi connectivity index (χ0) is 10.5. The number of thiophene rings is 1. The molecule has 1 aromatic rings. The summed E-state index contributed by atoms with van der Waals surface area (Å²) in [6.07, 6.45) is 1.11. The van der Waals surface area contributed by atoms with Gasteiger partial charge < -0.3 is 15.4 Å². The Bertz CT molecular complexity index is 299. The lowest BCUT2D eigenvalue weighted by atomic mass is 10.2. The summed E-state index contributed by atoms with van der Waals surface area (Å²) in [7, 11) is 0. The first-order valence-corrected chi connectivity index (χ1v) is 6.76. The Labute approximate surface area is 102 Å². The third-order valence-corrected chi connectivity index (χ3v) is 3.95. The predicted molar refractivity (Wildman–Crippen MR) is 67.7 cm³/mol. The Hall–Kier alpha value is -0.100. The second-order valence-electron chi connectivity index (χ2n) is 3.55. The summed E-state index contributed by atoms with van der Waals surface area (Å²) in [5, 5.41) is 8.07. The standard InChI is InChI=1S/C10H15BrN2OS/c11-9-1-2-10(15-9)13-4-3-8-7-14-6-5-12-8/h1-2,8,12-13H,3-7H2. The molecule has 3 nitrogen and oxygen atoms in total. The summed E-state index contributed by atoms with van der Waals surface area (Å²) < 4.78 is 6.56. The highest BCUT2D eigenvalue weighted by atomic mass is 79.9. The molecule has 84 valence electrons. The number of hydrogen-bond acceptors (Lipinski definition) is 4. The van der Waals surface area contributed by atoms with E-state index in [1.54, 1.807) is 11.3 Å². The number of nitrogens with one attached hydrogen (secondary N) is 2. The first-order valence-electron chi connectivity index (χ1n) is 5.15. The lowest BCUT2D eigenvalue weighted by molar-refractivity contribution is 0.0753. The van der Waals surface area contributed by atoms with Crippen LogP contribution in [-0.4, -0.2) is 32.3 Å². The number of anilines is 1. The molecule has 1 aliphatic rings. The quantitative estimate of drug-likeness (QED) is 0.893. The van der Waals surface area contributed by atoms with Crippen LogP contribution in [0.4, 0.5) is 5.00 Å². The van der Waals surface area contributed by atoms with Crippen molar-refractivity contribution in [1.29, 1.82) is 0 Å². The van der Waals surface area contributed by atoms with Gasteiger partial charge in [-0.2, -0.15) is 0 Å². The fourth-order valence-corrected chi connectivity index (χ4v) is 2.90. The van der Waals surface area contributed by atoms with Gasteiger partial charge in [0.05, 0.1) is 22.0 Å². The second-order valence-corrected chi connectivity index (χ2v) is 6.01. The average Bonchev–Trinajstić information content (AvgIpc) is 2.66. The maximum atomic E-state index is 5.39. The molecule has 2 N–H and O–H groups in total. The molecule has 1 saturated heterocycles. The third-order valence-electron chi connectivity index (χ3n) is 2.36. The molecule has 1 atom stereocenters. The Kier molecular flexibility index (Phi) is 4.43. The smallest absolute Gasteiger partial charge is 0.0894 e. The van der Waals surface area contributed by atoms with E-state index in [4.69, 9.17) is 4.74 Å². The molecular formula is C10H15BrN2OS. The molecule has 2 rings (SSSR count). The fraction of sp³-hybridized carbons (Fsp3) is 0.600. The monoisotopic (exact) mass is 290 g/mol. The molecule has 1 aliphatic heterocycles. The largest absolute Gasteiger partial charge is 0.379 e. The van der Waals surface area contributed by atoms with E-state index in [0.717, 1.165) is 32.7 Å². The Morgan fingerprint density at radius 3 is 3.20 bits per heavy atom. The van der Waals surface area contributed by atoms with Gasteiger partial charge >= 0.3 is 0 Å². The molecule has 0 bridgehead atoms. The van der Waals surface area contributed by atoms with Crippen LogP contribution < -0.4 is 10.6 Å². The van der Waals surface area contributed by atoms with E-state index in [1.807, 2.05) is 0 Å². The van der Waals surface area contributed by atoms with Gasteiger partial charge in [-0.05, 0) is 34.5 Å². The van der Waals surface area contributed by atoms with E-state index in [2.05, 4.69) is 38.7 Å². The van der Waals surface area contributed by atoms with E-state index in [9.17, 15) is 0 Å².